The summed E-state index contributed by atoms with van der Waals surface area (Å²) in [5, 5.41) is 9.02. The third-order valence-corrected chi connectivity index (χ3v) is 8.31. The second-order valence-corrected chi connectivity index (χ2v) is 11.3. The number of carbonyl (C=O) groups is 2. The van der Waals surface area contributed by atoms with Crippen LogP contribution in [0.2, 0.25) is 5.02 Å². The van der Waals surface area contributed by atoms with Gasteiger partial charge >= 0.3 is 0 Å². The SMILES string of the molecule is C[C@@H]1CN(c2ccc(S(=O)(=O)Nc3nncs3)cc2)C(=O)CN1C(=O)Cn1ccc2ccc(Cl)cc21.[HH].[HH]. The molecule has 0 saturated carbocycles. The van der Waals surface area contributed by atoms with Gasteiger partial charge in [0.05, 0.1) is 4.90 Å². The van der Waals surface area contributed by atoms with Gasteiger partial charge in [0.1, 0.15) is 18.6 Å². The van der Waals surface area contributed by atoms with Gasteiger partial charge in [-0.3, -0.25) is 14.3 Å². The number of halogens is 1. The van der Waals surface area contributed by atoms with Crippen LogP contribution in [0.1, 0.15) is 9.78 Å². The Morgan fingerprint density at radius 3 is 2.72 bits per heavy atom. The van der Waals surface area contributed by atoms with Crippen molar-refractivity contribution in [3.05, 3.63) is 65.3 Å². The van der Waals surface area contributed by atoms with E-state index in [9.17, 15) is 18.0 Å². The molecule has 0 aliphatic carbocycles. The molecule has 0 spiro atoms. The van der Waals surface area contributed by atoms with Gasteiger partial charge in [-0.05, 0) is 54.8 Å². The number of nitrogens with zero attached hydrogens (tertiary/aromatic N) is 5. The normalized spacial score (nSPS) is 16.5. The Morgan fingerprint density at radius 2 is 2.00 bits per heavy atom. The fraction of sp³-hybridized carbons (Fsp3) is 0.217. The van der Waals surface area contributed by atoms with E-state index in [2.05, 4.69) is 14.9 Å². The van der Waals surface area contributed by atoms with E-state index >= 15 is 0 Å². The van der Waals surface area contributed by atoms with E-state index < -0.39 is 10.0 Å². The largest absolute Gasteiger partial charge is 0.338 e. The predicted octanol–water partition coefficient (Wildman–Crippen LogP) is 3.70. The molecule has 190 valence electrons. The van der Waals surface area contributed by atoms with Gasteiger partial charge in [0.15, 0.2) is 0 Å². The van der Waals surface area contributed by atoms with Crippen molar-refractivity contribution >= 4 is 66.5 Å². The first-order valence-electron chi connectivity index (χ1n) is 10.9. The zero-order chi connectivity index (χ0) is 25.4. The molecule has 1 aliphatic rings. The fourth-order valence-corrected chi connectivity index (χ4v) is 6.02. The standard InChI is InChI=1S/C23H21ClN6O4S2.2H2/c1-15-11-30(18-4-6-19(7-5-18)36(33,34)27-23-26-25-14-35-23)22(32)13-29(15)21(31)12-28-9-8-16-2-3-17(24)10-20(16)28;;/h2-10,14-15H,11-13H2,1H3,(H,26,27);2*1H/t15-;;/m1../s1. The van der Waals surface area contributed by atoms with E-state index in [1.165, 1.54) is 17.6 Å². The lowest BCUT2D eigenvalue weighted by Crippen LogP contribution is -2.57. The smallest absolute Gasteiger partial charge is 0.263 e. The lowest BCUT2D eigenvalue weighted by atomic mass is 10.1. The third kappa shape index (κ3) is 4.79. The first kappa shape index (κ1) is 24.2. The zero-order valence-corrected chi connectivity index (χ0v) is 21.4. The molecule has 1 aliphatic heterocycles. The van der Waals surface area contributed by atoms with Crippen molar-refractivity contribution in [1.29, 1.82) is 0 Å². The highest BCUT2D eigenvalue weighted by Gasteiger charge is 2.33. The number of anilines is 2. The maximum Gasteiger partial charge on any atom is 0.263 e. The number of carbonyl (C=O) groups excluding carboxylic acids is 2. The van der Waals surface area contributed by atoms with E-state index in [1.54, 1.807) is 28.0 Å². The molecule has 0 radical (unpaired) electrons. The molecule has 2 aromatic heterocycles. The lowest BCUT2D eigenvalue weighted by Gasteiger charge is -2.39. The van der Waals surface area contributed by atoms with Crippen LogP contribution in [-0.4, -0.2) is 59.0 Å². The number of rotatable bonds is 6. The maximum absolute atomic E-state index is 13.1. The fourth-order valence-electron chi connectivity index (χ4n) is 4.16. The Balaban J connectivity index is 0.00000200. The van der Waals surface area contributed by atoms with Gasteiger partial charge in [-0.15, -0.1) is 10.2 Å². The molecule has 3 heterocycles. The van der Waals surface area contributed by atoms with Crippen molar-refractivity contribution in [1.82, 2.24) is 19.7 Å². The number of hydrogen-bond donors (Lipinski definition) is 1. The Bertz CT molecular complexity index is 1550. The molecule has 0 unspecified atom stereocenters. The van der Waals surface area contributed by atoms with Crippen molar-refractivity contribution in [2.24, 2.45) is 0 Å². The second-order valence-electron chi connectivity index (χ2n) is 8.37. The molecule has 2 aromatic carbocycles. The van der Waals surface area contributed by atoms with E-state index in [-0.39, 0.29) is 50.4 Å². The van der Waals surface area contributed by atoms with E-state index in [4.69, 9.17) is 11.6 Å². The summed E-state index contributed by atoms with van der Waals surface area (Å²) in [6.45, 7) is 2.19. The minimum absolute atomic E-state index is 0. The van der Waals surface area contributed by atoms with E-state index in [0.717, 1.165) is 22.2 Å². The second kappa shape index (κ2) is 9.52. The van der Waals surface area contributed by atoms with Crippen LogP contribution >= 0.6 is 22.9 Å². The number of benzene rings is 2. The minimum atomic E-state index is -3.83. The Morgan fingerprint density at radius 1 is 1.22 bits per heavy atom. The number of piperazine rings is 1. The highest BCUT2D eigenvalue weighted by Crippen LogP contribution is 2.25. The highest BCUT2D eigenvalue weighted by molar-refractivity contribution is 7.93. The van der Waals surface area contributed by atoms with Gasteiger partial charge in [-0.25, -0.2) is 8.42 Å². The van der Waals surface area contributed by atoms with E-state index in [0.29, 0.717) is 10.7 Å². The molecule has 5 rings (SSSR count). The van der Waals surface area contributed by atoms with Crippen LogP contribution in [0.5, 0.6) is 0 Å². The molecule has 1 N–H and O–H groups in total. The van der Waals surface area contributed by atoms with Crippen LogP contribution in [0.4, 0.5) is 10.8 Å². The van der Waals surface area contributed by atoms with Gasteiger partial charge in [0, 0.05) is 37.9 Å². The predicted molar refractivity (Wildman–Crippen MR) is 142 cm³/mol. The summed E-state index contributed by atoms with van der Waals surface area (Å²) in [6.07, 6.45) is 1.83. The molecule has 10 nitrogen and oxygen atoms in total. The summed E-state index contributed by atoms with van der Waals surface area (Å²) in [5.41, 5.74) is 2.83. The zero-order valence-electron chi connectivity index (χ0n) is 19.0. The average molecular weight is 549 g/mol. The van der Waals surface area contributed by atoms with Gasteiger partial charge < -0.3 is 14.4 Å². The summed E-state index contributed by atoms with van der Waals surface area (Å²) >= 11 is 7.19. The monoisotopic (exact) mass is 548 g/mol. The van der Waals surface area contributed by atoms with Crippen LogP contribution in [0, 0.1) is 0 Å². The lowest BCUT2D eigenvalue weighted by molar-refractivity contribution is -0.139. The van der Waals surface area contributed by atoms with Gasteiger partial charge in [0.25, 0.3) is 10.0 Å². The summed E-state index contributed by atoms with van der Waals surface area (Å²) in [4.78, 5) is 29.2. The number of amides is 2. The van der Waals surface area contributed by atoms with Gasteiger partial charge in [-0.2, -0.15) is 0 Å². The summed E-state index contributed by atoms with van der Waals surface area (Å²) in [5.74, 6) is -0.415. The number of nitrogens with one attached hydrogen (secondary N) is 1. The maximum atomic E-state index is 13.1. The van der Waals surface area contributed by atoms with Gasteiger partial charge in [0.2, 0.25) is 16.9 Å². The molecule has 36 heavy (non-hydrogen) atoms. The van der Waals surface area contributed by atoms with E-state index in [1.807, 2.05) is 35.9 Å². The number of sulfonamides is 1. The molecule has 1 saturated heterocycles. The summed E-state index contributed by atoms with van der Waals surface area (Å²) in [6, 6.07) is 13.2. The molecule has 0 bridgehead atoms. The molecule has 1 atom stereocenters. The van der Waals surface area contributed by atoms with Crippen LogP contribution < -0.4 is 9.62 Å². The Hall–Kier alpha value is -3.48. The third-order valence-electron chi connectivity index (χ3n) is 5.99. The molecular weight excluding hydrogens is 524 g/mol. The van der Waals surface area contributed by atoms with Crippen LogP contribution in [-0.2, 0) is 26.2 Å². The molecule has 1 fully saturated rings. The molecule has 4 aromatic rings. The molecule has 2 amide bonds. The quantitative estimate of drug-likeness (QED) is 0.392. The van der Waals surface area contributed by atoms with Crippen molar-refractivity contribution in [3.8, 4) is 0 Å². The van der Waals surface area contributed by atoms with Crippen LogP contribution in [0.15, 0.2) is 65.1 Å². The Labute approximate surface area is 219 Å². The van der Waals surface area contributed by atoms with Crippen molar-refractivity contribution in [2.75, 3.05) is 22.7 Å². The van der Waals surface area contributed by atoms with Gasteiger partial charge in [-0.1, -0.05) is 29.0 Å². The highest BCUT2D eigenvalue weighted by atomic mass is 35.5. The number of hydrogen-bond acceptors (Lipinski definition) is 7. The molecule has 13 heteroatoms. The van der Waals surface area contributed by atoms with Crippen molar-refractivity contribution < 1.29 is 20.9 Å². The summed E-state index contributed by atoms with van der Waals surface area (Å²) in [7, 11) is -3.83. The number of fused-ring (bicyclic) bond motifs is 1. The first-order valence-corrected chi connectivity index (χ1v) is 13.7. The van der Waals surface area contributed by atoms with Crippen molar-refractivity contribution in [2.45, 2.75) is 24.4 Å². The van der Waals surface area contributed by atoms with Crippen molar-refractivity contribution in [3.63, 3.8) is 0 Å². The minimum Gasteiger partial charge on any atom is -0.338 e. The topological polar surface area (TPSA) is 118 Å². The Kier molecular flexibility index (Phi) is 6.41. The average Bonchev–Trinajstić information content (AvgIpc) is 3.50. The first-order chi connectivity index (χ1) is 17.2. The van der Waals surface area contributed by atoms with Crippen LogP contribution in [0.25, 0.3) is 10.9 Å². The molecular formula is C23H25ClN6O4S2. The number of aromatic nitrogens is 3. The van der Waals surface area contributed by atoms with Crippen LogP contribution in [0.3, 0.4) is 0 Å². The summed E-state index contributed by atoms with van der Waals surface area (Å²) < 4.78 is 29.3.